The lowest BCUT2D eigenvalue weighted by Gasteiger charge is -2.34. The van der Waals surface area contributed by atoms with Crippen molar-refractivity contribution < 1.29 is 101 Å². The van der Waals surface area contributed by atoms with E-state index >= 15 is 0 Å². The van der Waals surface area contributed by atoms with Crippen molar-refractivity contribution in [1.29, 1.82) is 0 Å². The van der Waals surface area contributed by atoms with Gasteiger partial charge in [-0.15, -0.1) is 9.42 Å². The second kappa shape index (κ2) is 18.1. The van der Waals surface area contributed by atoms with Crippen molar-refractivity contribution >= 4 is 46.9 Å². The number of hydrogen-bond donors (Lipinski definition) is 12. The minimum absolute atomic E-state index is 0.0310. The summed E-state index contributed by atoms with van der Waals surface area (Å²) < 4.78 is 82.0. The summed E-state index contributed by atoms with van der Waals surface area (Å²) in [6.45, 7) is -3.06. The van der Waals surface area contributed by atoms with Crippen molar-refractivity contribution in [2.24, 2.45) is 0 Å². The molecule has 7 rings (SSSR count). The van der Waals surface area contributed by atoms with Crippen LogP contribution in [0.2, 0.25) is 0 Å². The Morgan fingerprint density at radius 2 is 1.41 bits per heavy atom. The van der Waals surface area contributed by atoms with Crippen LogP contribution in [0.3, 0.4) is 0 Å². The van der Waals surface area contributed by atoms with E-state index in [4.69, 9.17) is 42.6 Å². The molecule has 35 heteroatoms. The molecular weight excluding hydrogens is 923 g/mol. The number of urea groups is 1. The van der Waals surface area contributed by atoms with Crippen LogP contribution in [0.15, 0.2) is 46.8 Å². The number of imidazole rings is 1. The number of anilines is 1. The molecule has 4 aliphatic rings. The van der Waals surface area contributed by atoms with Crippen LogP contribution in [0.5, 0.6) is 0 Å². The van der Waals surface area contributed by atoms with Crippen molar-refractivity contribution in [2.45, 2.75) is 79.5 Å². The Morgan fingerprint density at radius 3 is 2.05 bits per heavy atom. The largest absolute Gasteiger partial charge is 0.694 e. The summed E-state index contributed by atoms with van der Waals surface area (Å²) in [7, 11) is -14.3. The van der Waals surface area contributed by atoms with Gasteiger partial charge in [0, 0.05) is 29.1 Å². The maximum Gasteiger partial charge on any atom is 0.694 e. The zero-order valence-electron chi connectivity index (χ0n) is 31.4. The van der Waals surface area contributed by atoms with E-state index in [2.05, 4.69) is 15.0 Å². The maximum absolute atomic E-state index is 13.5. The molecule has 0 aromatic carbocycles. The Labute approximate surface area is 349 Å². The number of phosphoric acid groups is 2. The summed E-state index contributed by atoms with van der Waals surface area (Å²) in [4.78, 5) is 81.6. The molecule has 7 heterocycles. The first-order valence-corrected chi connectivity index (χ1v) is 21.9. The Morgan fingerprint density at radius 1 is 0.825 bits per heavy atom. The summed E-state index contributed by atoms with van der Waals surface area (Å²) in [5.74, 6) is -2.91. The lowest BCUT2D eigenvalue weighted by molar-refractivity contribution is -0.145. The smallest absolute Gasteiger partial charge is 0.387 e. The molecule has 0 aliphatic carbocycles. The van der Waals surface area contributed by atoms with Gasteiger partial charge in [-0.1, -0.05) is 0 Å². The average Bonchev–Trinajstić information content (AvgIpc) is 3.92. The molecular formula is C28H37N9O23P3+. The number of aliphatic hydroxyl groups excluding tert-OH is 4. The molecule has 63 heavy (non-hydrogen) atoms. The number of nitrogens with two attached hydrogens (primary N) is 1. The molecule has 13 N–H and O–H groups in total. The number of phosphoric ester groups is 2. The third-order valence-corrected chi connectivity index (χ3v) is 12.0. The molecule has 0 saturated carbocycles. The van der Waals surface area contributed by atoms with Crippen molar-refractivity contribution in [1.82, 2.24) is 39.3 Å². The monoisotopic (exact) mass is 960 g/mol. The van der Waals surface area contributed by atoms with Gasteiger partial charge in [0.05, 0.1) is 19.5 Å². The van der Waals surface area contributed by atoms with Gasteiger partial charge < -0.3 is 60.4 Å². The number of H-pyrrole nitrogens is 1. The Hall–Kier alpha value is -4.08. The van der Waals surface area contributed by atoms with E-state index in [9.17, 15) is 73.4 Å². The van der Waals surface area contributed by atoms with Gasteiger partial charge >= 0.3 is 35.6 Å². The number of fused-ring (bicyclic) bond motifs is 1. The molecule has 15 atom stereocenters. The van der Waals surface area contributed by atoms with Crippen LogP contribution in [0.1, 0.15) is 12.5 Å². The van der Waals surface area contributed by atoms with E-state index < -0.39 is 141 Å². The van der Waals surface area contributed by atoms with E-state index in [0.717, 1.165) is 35.7 Å². The molecule has 0 spiro atoms. The Kier molecular flexibility index (Phi) is 13.4. The summed E-state index contributed by atoms with van der Waals surface area (Å²) >= 11 is 0. The molecule has 3 aromatic rings. The van der Waals surface area contributed by atoms with E-state index in [1.165, 1.54) is 0 Å². The SMILES string of the molecule is Nc1ncnc2c1ncn2[C@@H]1O[C@H](CO[P+](=O)O)[C@@H](OP(=O)(O)OC[C@H]2O[C@@H](N3C=CC(O)(O)NC3=O)[C@H](O)[C@@H]2OP(=O)(O)OC[C@H]2O[C@@H](n3ccc(=O)[nH]c3=O)[C@H](O)[C@@H]2O)[C@H]1O. The van der Waals surface area contributed by atoms with E-state index in [0.29, 0.717) is 15.5 Å². The predicted molar refractivity (Wildman–Crippen MR) is 195 cm³/mol. The van der Waals surface area contributed by atoms with Crippen LogP contribution >= 0.6 is 23.9 Å². The summed E-state index contributed by atoms with van der Waals surface area (Å²) in [5.41, 5.74) is 4.11. The average molecular weight is 961 g/mol. The number of ether oxygens (including phenoxy) is 3. The predicted octanol–water partition coefficient (Wildman–Crippen LogP) is -5.23. The first-order chi connectivity index (χ1) is 29.5. The Bertz CT molecular complexity index is 2450. The molecule has 346 valence electrons. The molecule has 3 fully saturated rings. The number of hydrogen-bond acceptors (Lipinski definition) is 24. The molecule has 0 radical (unpaired) electrons. The molecule has 3 saturated heterocycles. The number of aromatic nitrogens is 6. The highest BCUT2D eigenvalue weighted by atomic mass is 31.2. The fourth-order valence-electron chi connectivity index (χ4n) is 6.76. The topological polar surface area (TPSA) is 464 Å². The van der Waals surface area contributed by atoms with Gasteiger partial charge in [-0.3, -0.25) is 47.2 Å². The van der Waals surface area contributed by atoms with E-state index in [-0.39, 0.29) is 17.0 Å². The molecule has 4 aliphatic heterocycles. The summed E-state index contributed by atoms with van der Waals surface area (Å²) in [5, 5.41) is 64.9. The standard InChI is InChI=1S/C28H36N9O23P3/c29-21-14-22(31-8-30-21)37(9-32-14)25-18(42)19(11(57-25)5-53-61(47)48)59-63(51,52)55-7-12-20(17(41)24(58-12)36-4-2-28(45,46)34-27(36)44)60-62(49,50)54-6-10-15(39)16(40)23(56-10)35-3-1-13(38)33-26(35)43/h1-4,8-12,15-20,23-25,39-42,45-46H,5-7H2,(H6-,29,30,31,33,34,38,43,44,47,48,49,50,51,52)/p+1/t10-,11-,12-,15-,16-,17-,18-,19-,20-,23-,24-,25-/m1/s1. The zero-order valence-corrected chi connectivity index (χ0v) is 34.0. The molecule has 2 amide bonds. The fourth-order valence-corrected chi connectivity index (χ4v) is 8.97. The highest BCUT2D eigenvalue weighted by Crippen LogP contribution is 2.52. The van der Waals surface area contributed by atoms with Gasteiger partial charge in [0.1, 0.15) is 73.4 Å². The van der Waals surface area contributed by atoms with Crippen LogP contribution in [-0.2, 0) is 50.5 Å². The summed E-state index contributed by atoms with van der Waals surface area (Å²) in [6.07, 6.45) is -17.5. The number of nitrogen functional groups attached to an aromatic ring is 1. The molecule has 0 bridgehead atoms. The fraction of sp³-hybridized carbons (Fsp3) is 0.571. The highest BCUT2D eigenvalue weighted by Gasteiger charge is 2.55. The van der Waals surface area contributed by atoms with E-state index in [1.54, 1.807) is 5.32 Å². The quantitative estimate of drug-likeness (QED) is 0.0471. The molecule has 3 aromatic heterocycles. The minimum atomic E-state index is -5.50. The van der Waals surface area contributed by atoms with Crippen molar-refractivity contribution in [3.63, 3.8) is 0 Å². The van der Waals surface area contributed by atoms with Crippen LogP contribution in [0.25, 0.3) is 11.2 Å². The van der Waals surface area contributed by atoms with Crippen molar-refractivity contribution in [2.75, 3.05) is 25.6 Å². The van der Waals surface area contributed by atoms with Gasteiger partial charge in [-0.05, 0) is 0 Å². The minimum Gasteiger partial charge on any atom is -0.387 e. The first kappa shape index (κ1) is 46.9. The zero-order chi connectivity index (χ0) is 45.8. The van der Waals surface area contributed by atoms with E-state index in [1.807, 2.05) is 4.98 Å². The lowest BCUT2D eigenvalue weighted by Crippen LogP contribution is -2.58. The molecule has 3 unspecified atom stereocenters. The second-order valence-electron chi connectivity index (χ2n) is 13.8. The lowest BCUT2D eigenvalue weighted by atomic mass is 10.1. The number of amides is 2. The van der Waals surface area contributed by atoms with Gasteiger partial charge in [-0.2, -0.15) is 0 Å². The van der Waals surface area contributed by atoms with Gasteiger partial charge in [0.2, 0.25) is 0 Å². The number of aromatic amines is 1. The third kappa shape index (κ3) is 10.1. The van der Waals surface area contributed by atoms with Crippen LogP contribution < -0.4 is 22.3 Å². The second-order valence-corrected chi connectivity index (χ2v) is 17.4. The van der Waals surface area contributed by atoms with Crippen LogP contribution in [0.4, 0.5) is 10.6 Å². The maximum atomic E-state index is 13.5. The number of carbonyl (C=O) groups excluding carboxylic acids is 1. The van der Waals surface area contributed by atoms with Crippen molar-refractivity contribution in [3.05, 3.63) is 58.0 Å². The first-order valence-electron chi connectivity index (χ1n) is 17.8. The van der Waals surface area contributed by atoms with Crippen LogP contribution in [0, 0.1) is 0 Å². The highest BCUT2D eigenvalue weighted by molar-refractivity contribution is 7.47. The number of aliphatic hydroxyl groups is 6. The number of rotatable bonds is 16. The number of nitrogens with zero attached hydrogens (tertiary/aromatic N) is 6. The normalized spacial score (nSPS) is 34.0. The summed E-state index contributed by atoms with van der Waals surface area (Å²) in [6, 6.07) is -0.396. The number of nitrogens with one attached hydrogen (secondary N) is 2. The van der Waals surface area contributed by atoms with Crippen LogP contribution in [-0.4, -0.2) is 172 Å². The number of carbonyl (C=O) groups is 1. The van der Waals surface area contributed by atoms with Gasteiger partial charge in [0.15, 0.2) is 30.1 Å². The van der Waals surface area contributed by atoms with Crippen molar-refractivity contribution in [3.8, 4) is 0 Å². The third-order valence-electron chi connectivity index (χ3n) is 9.67. The van der Waals surface area contributed by atoms with Gasteiger partial charge in [0.25, 0.3) is 11.5 Å². The molecule has 32 nitrogen and oxygen atoms in total. The Balaban J connectivity index is 1.07. The van der Waals surface area contributed by atoms with Gasteiger partial charge in [-0.25, -0.2) is 33.7 Å².